The fourth-order valence-electron chi connectivity index (χ4n) is 2.31. The highest BCUT2D eigenvalue weighted by Crippen LogP contribution is 2.35. The molecule has 0 bridgehead atoms. The molecular weight excluding hydrogens is 445 g/mol. The number of nitrogens with one attached hydrogen (secondary N) is 3. The standard InChI is InChI=1S/C18H18Cl3N3O3S/c1-27-17(26)11-4-5-12(20)16(15(11)22-7-2-8-25)24-18(28)23-14-6-3-10(19)9-13(14)21/h3-6,9,22,25H,2,7-8H2,1H3,(H2,23,24,28). The topological polar surface area (TPSA) is 82.6 Å². The van der Waals surface area contributed by atoms with Crippen LogP contribution in [0.1, 0.15) is 16.8 Å². The molecule has 2 aromatic carbocycles. The Morgan fingerprint density at radius 3 is 2.50 bits per heavy atom. The lowest BCUT2D eigenvalue weighted by Gasteiger charge is -2.19. The number of hydrogen-bond donors (Lipinski definition) is 4. The van der Waals surface area contributed by atoms with Crippen LogP contribution >= 0.6 is 47.0 Å². The van der Waals surface area contributed by atoms with Crippen molar-refractivity contribution in [1.29, 1.82) is 0 Å². The smallest absolute Gasteiger partial charge is 0.340 e. The zero-order chi connectivity index (χ0) is 20.7. The molecule has 0 aliphatic rings. The van der Waals surface area contributed by atoms with Gasteiger partial charge in [-0.2, -0.15) is 0 Å². The van der Waals surface area contributed by atoms with Crippen LogP contribution in [0.2, 0.25) is 15.1 Å². The summed E-state index contributed by atoms with van der Waals surface area (Å²) in [7, 11) is 1.29. The van der Waals surface area contributed by atoms with Gasteiger partial charge in [-0.15, -0.1) is 0 Å². The Bertz CT molecular complexity index is 881. The molecule has 0 atom stereocenters. The molecule has 0 amide bonds. The van der Waals surface area contributed by atoms with Crippen LogP contribution in [0.3, 0.4) is 0 Å². The molecule has 2 rings (SSSR count). The zero-order valence-corrected chi connectivity index (χ0v) is 17.9. The van der Waals surface area contributed by atoms with Crippen LogP contribution < -0.4 is 16.0 Å². The minimum Gasteiger partial charge on any atom is -0.465 e. The lowest BCUT2D eigenvalue weighted by atomic mass is 10.1. The zero-order valence-electron chi connectivity index (χ0n) is 14.8. The summed E-state index contributed by atoms with van der Waals surface area (Å²) in [5, 5.41) is 19.5. The highest BCUT2D eigenvalue weighted by Gasteiger charge is 2.19. The highest BCUT2D eigenvalue weighted by atomic mass is 35.5. The van der Waals surface area contributed by atoms with E-state index >= 15 is 0 Å². The van der Waals surface area contributed by atoms with Gasteiger partial charge >= 0.3 is 5.97 Å². The van der Waals surface area contributed by atoms with Crippen molar-refractivity contribution in [3.05, 3.63) is 51.0 Å². The number of ether oxygens (including phenoxy) is 1. The summed E-state index contributed by atoms with van der Waals surface area (Å²) in [6.45, 7) is 0.414. The van der Waals surface area contributed by atoms with Crippen molar-refractivity contribution in [3.8, 4) is 0 Å². The van der Waals surface area contributed by atoms with Crippen LogP contribution in [-0.2, 0) is 4.74 Å². The lowest BCUT2D eigenvalue weighted by molar-refractivity contribution is 0.0602. The first kappa shape index (κ1) is 22.5. The van der Waals surface area contributed by atoms with Crippen molar-refractivity contribution >= 4 is 75.2 Å². The number of methoxy groups -OCH3 is 1. The summed E-state index contributed by atoms with van der Waals surface area (Å²) >= 11 is 23.7. The molecule has 10 heteroatoms. The maximum atomic E-state index is 12.1. The first-order valence-corrected chi connectivity index (χ1v) is 9.70. The average Bonchev–Trinajstić information content (AvgIpc) is 2.66. The normalized spacial score (nSPS) is 10.3. The summed E-state index contributed by atoms with van der Waals surface area (Å²) in [6.07, 6.45) is 0.482. The average molecular weight is 463 g/mol. The van der Waals surface area contributed by atoms with Gasteiger partial charge in [-0.1, -0.05) is 34.8 Å². The van der Waals surface area contributed by atoms with Crippen LogP contribution in [0, 0.1) is 0 Å². The first-order chi connectivity index (χ1) is 13.4. The van der Waals surface area contributed by atoms with Gasteiger partial charge in [-0.3, -0.25) is 0 Å². The lowest BCUT2D eigenvalue weighted by Crippen LogP contribution is -2.22. The second-order valence-corrected chi connectivity index (χ2v) is 7.20. The quantitative estimate of drug-likeness (QED) is 0.261. The second-order valence-electron chi connectivity index (χ2n) is 5.54. The molecule has 0 radical (unpaired) electrons. The second kappa shape index (κ2) is 10.7. The number of aliphatic hydroxyl groups excluding tert-OH is 1. The Hall–Kier alpha value is -1.77. The molecule has 0 heterocycles. The Morgan fingerprint density at radius 2 is 1.86 bits per heavy atom. The number of thiocarbonyl (C=S) groups is 1. The van der Waals surface area contributed by atoms with Gasteiger partial charge in [0.1, 0.15) is 0 Å². The maximum Gasteiger partial charge on any atom is 0.340 e. The third kappa shape index (κ3) is 5.86. The molecule has 2 aromatic rings. The van der Waals surface area contributed by atoms with E-state index in [1.807, 2.05) is 0 Å². The van der Waals surface area contributed by atoms with Gasteiger partial charge in [0, 0.05) is 18.2 Å². The van der Waals surface area contributed by atoms with Crippen molar-refractivity contribution in [2.45, 2.75) is 6.42 Å². The van der Waals surface area contributed by atoms with E-state index in [4.69, 9.17) is 56.9 Å². The van der Waals surface area contributed by atoms with E-state index in [1.165, 1.54) is 7.11 Å². The van der Waals surface area contributed by atoms with Crippen LogP contribution in [0.25, 0.3) is 0 Å². The number of halogens is 3. The molecule has 0 aliphatic heterocycles. The summed E-state index contributed by atoms with van der Waals surface area (Å²) in [5.41, 5.74) is 1.64. The van der Waals surface area contributed by atoms with E-state index in [2.05, 4.69) is 16.0 Å². The predicted molar refractivity (Wildman–Crippen MR) is 119 cm³/mol. The Kier molecular flexibility index (Phi) is 8.59. The number of carbonyl (C=O) groups is 1. The van der Waals surface area contributed by atoms with Gasteiger partial charge in [0.05, 0.1) is 39.8 Å². The fraction of sp³-hybridized carbons (Fsp3) is 0.222. The summed E-state index contributed by atoms with van der Waals surface area (Å²) in [4.78, 5) is 12.1. The monoisotopic (exact) mass is 461 g/mol. The molecule has 6 nitrogen and oxygen atoms in total. The molecule has 28 heavy (non-hydrogen) atoms. The molecule has 0 saturated carbocycles. The maximum absolute atomic E-state index is 12.1. The van der Waals surface area contributed by atoms with E-state index in [0.29, 0.717) is 45.1 Å². The molecule has 0 unspecified atom stereocenters. The molecule has 0 fully saturated rings. The van der Waals surface area contributed by atoms with E-state index in [0.717, 1.165) is 0 Å². The molecule has 0 spiro atoms. The third-order valence-electron chi connectivity index (χ3n) is 3.61. The summed E-state index contributed by atoms with van der Waals surface area (Å²) in [6, 6.07) is 8.05. The Labute approximate surface area is 183 Å². The molecule has 0 aliphatic carbocycles. The van der Waals surface area contributed by atoms with Crippen molar-refractivity contribution in [2.24, 2.45) is 0 Å². The molecule has 150 valence electrons. The van der Waals surface area contributed by atoms with Crippen LogP contribution in [0.4, 0.5) is 17.1 Å². The first-order valence-electron chi connectivity index (χ1n) is 8.16. The number of hydrogen-bond acceptors (Lipinski definition) is 5. The molecular formula is C18H18Cl3N3O3S. The number of esters is 1. The fourth-order valence-corrected chi connectivity index (χ4v) is 3.19. The summed E-state index contributed by atoms with van der Waals surface area (Å²) in [5.74, 6) is -0.536. The van der Waals surface area contributed by atoms with Gasteiger partial charge < -0.3 is 25.8 Å². The summed E-state index contributed by atoms with van der Waals surface area (Å²) < 4.78 is 4.83. The van der Waals surface area contributed by atoms with E-state index < -0.39 is 5.97 Å². The Balaban J connectivity index is 2.31. The number of benzene rings is 2. The van der Waals surface area contributed by atoms with E-state index in [9.17, 15) is 4.79 Å². The number of anilines is 3. The number of carbonyl (C=O) groups excluding carboxylic acids is 1. The minimum absolute atomic E-state index is 0.00107. The van der Waals surface area contributed by atoms with Crippen LogP contribution in [-0.4, -0.2) is 36.4 Å². The van der Waals surface area contributed by atoms with Gasteiger partial charge in [0.25, 0.3) is 0 Å². The third-order valence-corrected chi connectivity index (χ3v) is 4.68. The SMILES string of the molecule is COC(=O)c1ccc(Cl)c(NC(=S)Nc2ccc(Cl)cc2Cl)c1NCCCO. The largest absolute Gasteiger partial charge is 0.465 e. The van der Waals surface area contributed by atoms with E-state index in [1.54, 1.807) is 30.3 Å². The van der Waals surface area contributed by atoms with E-state index in [-0.39, 0.29) is 17.3 Å². The molecule has 0 saturated heterocycles. The van der Waals surface area contributed by atoms with Crippen LogP contribution in [0.15, 0.2) is 30.3 Å². The number of aliphatic hydroxyl groups is 1. The molecule has 0 aromatic heterocycles. The number of rotatable bonds is 7. The van der Waals surface area contributed by atoms with Crippen molar-refractivity contribution < 1.29 is 14.6 Å². The van der Waals surface area contributed by atoms with Gasteiger partial charge in [-0.05, 0) is 49.0 Å². The van der Waals surface area contributed by atoms with Gasteiger partial charge in [-0.25, -0.2) is 4.79 Å². The van der Waals surface area contributed by atoms with Crippen LogP contribution in [0.5, 0.6) is 0 Å². The minimum atomic E-state index is -0.536. The highest BCUT2D eigenvalue weighted by molar-refractivity contribution is 7.80. The predicted octanol–water partition coefficient (Wildman–Crippen LogP) is 5.04. The van der Waals surface area contributed by atoms with Gasteiger partial charge in [0.2, 0.25) is 0 Å². The van der Waals surface area contributed by atoms with Crippen molar-refractivity contribution in [1.82, 2.24) is 0 Å². The Morgan fingerprint density at radius 1 is 1.11 bits per heavy atom. The van der Waals surface area contributed by atoms with Gasteiger partial charge in [0.15, 0.2) is 5.11 Å². The van der Waals surface area contributed by atoms with Crippen molar-refractivity contribution in [3.63, 3.8) is 0 Å². The van der Waals surface area contributed by atoms with Crippen molar-refractivity contribution in [2.75, 3.05) is 36.2 Å². The molecule has 4 N–H and O–H groups in total.